The van der Waals surface area contributed by atoms with Gasteiger partial charge in [-0.05, 0) is 45.8 Å². The topological polar surface area (TPSA) is 68.0 Å². The number of aromatic nitrogens is 1. The number of nitrogens with zero attached hydrogens (tertiary/aromatic N) is 1. The molecule has 0 fully saturated rings. The number of nitrogens with one attached hydrogen (secondary N) is 1. The average Bonchev–Trinajstić information content (AvgIpc) is 2.40. The second-order valence-electron chi connectivity index (χ2n) is 3.78. The van der Waals surface area contributed by atoms with Gasteiger partial charge in [-0.2, -0.15) is 0 Å². The van der Waals surface area contributed by atoms with Crippen LogP contribution in [0.5, 0.6) is 0 Å². The molecule has 3 N–H and O–H groups in total. The van der Waals surface area contributed by atoms with E-state index in [1.165, 1.54) is 0 Å². The molecule has 5 heteroatoms. The molecule has 1 heterocycles. The van der Waals surface area contributed by atoms with Gasteiger partial charge >= 0.3 is 0 Å². The first-order valence-corrected chi connectivity index (χ1v) is 6.18. The lowest BCUT2D eigenvalue weighted by molar-refractivity contribution is 0.0950. The van der Waals surface area contributed by atoms with Gasteiger partial charge in [0.15, 0.2) is 0 Å². The van der Waals surface area contributed by atoms with E-state index in [2.05, 4.69) is 26.2 Å². The Morgan fingerprint density at radius 2 is 2.22 bits per heavy atom. The van der Waals surface area contributed by atoms with Gasteiger partial charge in [-0.15, -0.1) is 0 Å². The Morgan fingerprint density at radius 3 is 2.94 bits per heavy atom. The van der Waals surface area contributed by atoms with E-state index in [4.69, 9.17) is 5.73 Å². The minimum Gasteiger partial charge on any atom is -0.399 e. The molecule has 0 aliphatic heterocycles. The van der Waals surface area contributed by atoms with E-state index in [0.29, 0.717) is 17.8 Å². The Labute approximate surface area is 113 Å². The van der Waals surface area contributed by atoms with Crippen molar-refractivity contribution >= 4 is 27.5 Å². The van der Waals surface area contributed by atoms with Gasteiger partial charge in [0, 0.05) is 29.1 Å². The van der Waals surface area contributed by atoms with Crippen molar-refractivity contribution in [3.05, 3.63) is 58.3 Å². The second-order valence-corrected chi connectivity index (χ2v) is 4.64. The summed E-state index contributed by atoms with van der Waals surface area (Å²) < 4.78 is 0.723. The fourth-order valence-corrected chi connectivity index (χ4v) is 1.92. The number of hydrogen-bond donors (Lipinski definition) is 2. The molecule has 4 nitrogen and oxygen atoms in total. The van der Waals surface area contributed by atoms with Crippen molar-refractivity contribution in [2.75, 3.05) is 5.73 Å². The molecule has 0 aliphatic carbocycles. The number of carbonyl (C=O) groups is 1. The first-order chi connectivity index (χ1) is 8.66. The van der Waals surface area contributed by atoms with Crippen LogP contribution >= 0.6 is 15.9 Å². The monoisotopic (exact) mass is 305 g/mol. The van der Waals surface area contributed by atoms with Crippen LogP contribution in [-0.4, -0.2) is 10.9 Å². The standard InChI is InChI=1S/C13H12BrN3O/c14-12-4-3-10(15)6-11(12)13(18)17-8-9-2-1-5-16-7-9/h1-7H,8,15H2,(H,17,18). The number of nitrogens with two attached hydrogens (primary N) is 1. The van der Waals surface area contributed by atoms with Crippen molar-refractivity contribution in [2.24, 2.45) is 0 Å². The molecule has 0 saturated carbocycles. The number of nitrogen functional groups attached to an aromatic ring is 1. The van der Waals surface area contributed by atoms with Crippen molar-refractivity contribution in [3.63, 3.8) is 0 Å². The maximum atomic E-state index is 12.0. The lowest BCUT2D eigenvalue weighted by Gasteiger charge is -2.07. The molecule has 18 heavy (non-hydrogen) atoms. The smallest absolute Gasteiger partial charge is 0.252 e. The lowest BCUT2D eigenvalue weighted by Crippen LogP contribution is -2.23. The fraction of sp³-hybridized carbons (Fsp3) is 0.0769. The van der Waals surface area contributed by atoms with Crippen LogP contribution in [0, 0.1) is 0 Å². The van der Waals surface area contributed by atoms with Crippen molar-refractivity contribution in [1.29, 1.82) is 0 Å². The number of halogens is 1. The minimum absolute atomic E-state index is 0.168. The van der Waals surface area contributed by atoms with E-state index in [1.54, 1.807) is 30.6 Å². The van der Waals surface area contributed by atoms with E-state index >= 15 is 0 Å². The summed E-state index contributed by atoms with van der Waals surface area (Å²) in [5.41, 5.74) is 7.70. The van der Waals surface area contributed by atoms with Crippen LogP contribution in [0.1, 0.15) is 15.9 Å². The normalized spacial score (nSPS) is 10.1. The number of rotatable bonds is 3. The van der Waals surface area contributed by atoms with Crippen LogP contribution in [0.25, 0.3) is 0 Å². The first kappa shape index (κ1) is 12.6. The summed E-state index contributed by atoms with van der Waals surface area (Å²) >= 11 is 3.33. The van der Waals surface area contributed by atoms with Crippen molar-refractivity contribution in [3.8, 4) is 0 Å². The average molecular weight is 306 g/mol. The van der Waals surface area contributed by atoms with Crippen LogP contribution < -0.4 is 11.1 Å². The third-order valence-electron chi connectivity index (χ3n) is 2.41. The third kappa shape index (κ3) is 3.07. The van der Waals surface area contributed by atoms with E-state index in [9.17, 15) is 4.79 Å². The van der Waals surface area contributed by atoms with Crippen molar-refractivity contribution < 1.29 is 4.79 Å². The molecule has 2 rings (SSSR count). The van der Waals surface area contributed by atoms with E-state index in [0.717, 1.165) is 10.0 Å². The Morgan fingerprint density at radius 1 is 1.39 bits per heavy atom. The van der Waals surface area contributed by atoms with Crippen molar-refractivity contribution in [2.45, 2.75) is 6.54 Å². The third-order valence-corrected chi connectivity index (χ3v) is 3.10. The Hall–Kier alpha value is -1.88. The molecule has 1 amide bonds. The number of amides is 1. The number of carbonyl (C=O) groups excluding carboxylic acids is 1. The van der Waals surface area contributed by atoms with Gasteiger partial charge in [0.2, 0.25) is 0 Å². The van der Waals surface area contributed by atoms with Crippen molar-refractivity contribution in [1.82, 2.24) is 10.3 Å². The highest BCUT2D eigenvalue weighted by molar-refractivity contribution is 9.10. The molecule has 92 valence electrons. The Bertz CT molecular complexity index is 557. The second kappa shape index (κ2) is 5.64. The number of hydrogen-bond acceptors (Lipinski definition) is 3. The maximum Gasteiger partial charge on any atom is 0.252 e. The zero-order valence-electron chi connectivity index (χ0n) is 9.56. The van der Waals surface area contributed by atoms with Gasteiger partial charge in [-0.3, -0.25) is 9.78 Å². The van der Waals surface area contributed by atoms with Crippen LogP contribution in [0.2, 0.25) is 0 Å². The molecule has 0 radical (unpaired) electrons. The Kier molecular flexibility index (Phi) is 3.94. The molecule has 1 aromatic carbocycles. The van der Waals surface area contributed by atoms with Gasteiger partial charge in [0.1, 0.15) is 0 Å². The molecular formula is C13H12BrN3O. The predicted octanol–water partition coefficient (Wildman–Crippen LogP) is 2.36. The van der Waals surface area contributed by atoms with Gasteiger partial charge in [-0.25, -0.2) is 0 Å². The zero-order valence-corrected chi connectivity index (χ0v) is 11.1. The highest BCUT2D eigenvalue weighted by Gasteiger charge is 2.09. The summed E-state index contributed by atoms with van der Waals surface area (Å²) in [4.78, 5) is 16.0. The van der Waals surface area contributed by atoms with Crippen LogP contribution in [-0.2, 0) is 6.54 Å². The first-order valence-electron chi connectivity index (χ1n) is 5.39. The lowest BCUT2D eigenvalue weighted by atomic mass is 10.2. The van der Waals surface area contributed by atoms with Crippen LogP contribution in [0.4, 0.5) is 5.69 Å². The summed E-state index contributed by atoms with van der Waals surface area (Å²) in [6.45, 7) is 0.438. The van der Waals surface area contributed by atoms with E-state index in [1.807, 2.05) is 12.1 Å². The van der Waals surface area contributed by atoms with Gasteiger partial charge in [-0.1, -0.05) is 6.07 Å². The molecule has 0 bridgehead atoms. The number of anilines is 1. The van der Waals surface area contributed by atoms with Gasteiger partial charge in [0.25, 0.3) is 5.91 Å². The number of pyridine rings is 1. The highest BCUT2D eigenvalue weighted by atomic mass is 79.9. The van der Waals surface area contributed by atoms with Crippen LogP contribution in [0.3, 0.4) is 0 Å². The zero-order chi connectivity index (χ0) is 13.0. The summed E-state index contributed by atoms with van der Waals surface area (Å²) in [5.74, 6) is -0.168. The highest BCUT2D eigenvalue weighted by Crippen LogP contribution is 2.19. The van der Waals surface area contributed by atoms with E-state index < -0.39 is 0 Å². The molecule has 0 atom stereocenters. The molecule has 0 unspecified atom stereocenters. The summed E-state index contributed by atoms with van der Waals surface area (Å²) in [7, 11) is 0. The molecule has 2 aromatic rings. The molecular weight excluding hydrogens is 294 g/mol. The molecule has 0 saturated heterocycles. The quantitative estimate of drug-likeness (QED) is 0.855. The number of benzene rings is 1. The Balaban J connectivity index is 2.06. The summed E-state index contributed by atoms with van der Waals surface area (Å²) in [5, 5.41) is 2.82. The van der Waals surface area contributed by atoms with E-state index in [-0.39, 0.29) is 5.91 Å². The molecule has 0 spiro atoms. The largest absolute Gasteiger partial charge is 0.399 e. The van der Waals surface area contributed by atoms with Gasteiger partial charge in [0.05, 0.1) is 5.56 Å². The minimum atomic E-state index is -0.168. The van der Waals surface area contributed by atoms with Gasteiger partial charge < -0.3 is 11.1 Å². The summed E-state index contributed by atoms with van der Waals surface area (Å²) in [6.07, 6.45) is 3.41. The fourth-order valence-electron chi connectivity index (χ4n) is 1.50. The van der Waals surface area contributed by atoms with Crippen LogP contribution in [0.15, 0.2) is 47.2 Å². The maximum absolute atomic E-state index is 12.0. The predicted molar refractivity (Wildman–Crippen MR) is 74.0 cm³/mol. The molecule has 1 aromatic heterocycles. The SMILES string of the molecule is Nc1ccc(Br)c(C(=O)NCc2cccnc2)c1. The summed E-state index contributed by atoms with van der Waals surface area (Å²) in [6, 6.07) is 8.87. The molecule has 0 aliphatic rings.